The van der Waals surface area contributed by atoms with Crippen LogP contribution in [0, 0.1) is 6.92 Å². The van der Waals surface area contributed by atoms with Crippen LogP contribution in [0.2, 0.25) is 0 Å². The molecule has 0 saturated carbocycles. The SMILES string of the molecule is Cc1ccccc1N=Nc1c(C(=O)O)nc2c(O)cccn12. The van der Waals surface area contributed by atoms with Crippen molar-refractivity contribution in [1.29, 1.82) is 0 Å². The van der Waals surface area contributed by atoms with Crippen molar-refractivity contribution in [3.8, 4) is 5.75 Å². The van der Waals surface area contributed by atoms with Crippen LogP contribution in [-0.2, 0) is 0 Å². The third-order valence-corrected chi connectivity index (χ3v) is 3.17. The highest BCUT2D eigenvalue weighted by molar-refractivity contribution is 5.92. The Morgan fingerprint density at radius 2 is 1.95 bits per heavy atom. The van der Waals surface area contributed by atoms with Crippen molar-refractivity contribution in [3.05, 3.63) is 53.9 Å². The molecule has 0 atom stereocenters. The first-order valence-electron chi connectivity index (χ1n) is 6.48. The van der Waals surface area contributed by atoms with Gasteiger partial charge in [0, 0.05) is 6.20 Å². The van der Waals surface area contributed by atoms with Crippen LogP contribution in [0.3, 0.4) is 0 Å². The lowest BCUT2D eigenvalue weighted by Crippen LogP contribution is -1.96. The fourth-order valence-electron chi connectivity index (χ4n) is 2.06. The van der Waals surface area contributed by atoms with Crippen LogP contribution in [-0.4, -0.2) is 25.6 Å². The smallest absolute Gasteiger partial charge is 0.358 e. The summed E-state index contributed by atoms with van der Waals surface area (Å²) in [6, 6.07) is 10.4. The monoisotopic (exact) mass is 296 g/mol. The van der Waals surface area contributed by atoms with Gasteiger partial charge in [0.05, 0.1) is 5.69 Å². The number of rotatable bonds is 3. The van der Waals surface area contributed by atoms with Crippen molar-refractivity contribution in [2.24, 2.45) is 10.2 Å². The molecule has 3 rings (SSSR count). The Hall–Kier alpha value is -3.22. The molecule has 110 valence electrons. The summed E-state index contributed by atoms with van der Waals surface area (Å²) in [6.45, 7) is 1.88. The van der Waals surface area contributed by atoms with Gasteiger partial charge >= 0.3 is 5.97 Å². The Morgan fingerprint density at radius 3 is 2.68 bits per heavy atom. The van der Waals surface area contributed by atoms with Crippen LogP contribution >= 0.6 is 0 Å². The summed E-state index contributed by atoms with van der Waals surface area (Å²) >= 11 is 0. The molecule has 0 spiro atoms. The van der Waals surface area contributed by atoms with E-state index in [4.69, 9.17) is 0 Å². The first kappa shape index (κ1) is 13.7. The molecule has 2 N–H and O–H groups in total. The van der Waals surface area contributed by atoms with Crippen LogP contribution in [0.4, 0.5) is 11.5 Å². The highest BCUT2D eigenvalue weighted by Crippen LogP contribution is 2.28. The number of fused-ring (bicyclic) bond motifs is 1. The molecule has 2 heterocycles. The molecular formula is C15H12N4O3. The predicted molar refractivity (Wildman–Crippen MR) is 79.2 cm³/mol. The molecule has 2 aromatic heterocycles. The molecule has 0 amide bonds. The van der Waals surface area contributed by atoms with E-state index in [0.29, 0.717) is 5.69 Å². The van der Waals surface area contributed by atoms with E-state index >= 15 is 0 Å². The quantitative estimate of drug-likeness (QED) is 0.723. The molecule has 7 nitrogen and oxygen atoms in total. The Bertz CT molecular complexity index is 899. The second-order valence-corrected chi connectivity index (χ2v) is 4.66. The summed E-state index contributed by atoms with van der Waals surface area (Å²) < 4.78 is 1.39. The molecule has 0 aliphatic rings. The zero-order valence-corrected chi connectivity index (χ0v) is 11.6. The van der Waals surface area contributed by atoms with Gasteiger partial charge in [0.15, 0.2) is 22.9 Å². The predicted octanol–water partition coefficient (Wildman–Crippen LogP) is 3.46. The minimum absolute atomic E-state index is 0.0571. The van der Waals surface area contributed by atoms with E-state index in [1.54, 1.807) is 18.3 Å². The lowest BCUT2D eigenvalue weighted by atomic mass is 10.2. The number of benzene rings is 1. The van der Waals surface area contributed by atoms with Crippen molar-refractivity contribution < 1.29 is 15.0 Å². The number of aromatic carboxylic acids is 1. The number of carboxylic acids is 1. The van der Waals surface area contributed by atoms with E-state index in [1.807, 2.05) is 25.1 Å². The number of carbonyl (C=O) groups is 1. The van der Waals surface area contributed by atoms with Crippen LogP contribution in [0.15, 0.2) is 52.8 Å². The molecule has 3 aromatic rings. The molecule has 0 fully saturated rings. The number of nitrogens with zero attached hydrogens (tertiary/aromatic N) is 4. The minimum Gasteiger partial charge on any atom is -0.504 e. The molecule has 0 unspecified atom stereocenters. The summed E-state index contributed by atoms with van der Waals surface area (Å²) in [4.78, 5) is 15.2. The molecule has 0 radical (unpaired) electrons. The van der Waals surface area contributed by atoms with E-state index in [2.05, 4.69) is 15.2 Å². The largest absolute Gasteiger partial charge is 0.504 e. The Morgan fingerprint density at radius 1 is 1.18 bits per heavy atom. The fraction of sp³-hybridized carbons (Fsp3) is 0.0667. The van der Waals surface area contributed by atoms with Crippen LogP contribution in [0.1, 0.15) is 16.1 Å². The number of hydrogen-bond acceptors (Lipinski definition) is 5. The lowest BCUT2D eigenvalue weighted by Gasteiger charge is -1.99. The van der Waals surface area contributed by atoms with Gasteiger partial charge in [-0.25, -0.2) is 9.78 Å². The highest BCUT2D eigenvalue weighted by atomic mass is 16.4. The molecule has 7 heteroatoms. The first-order chi connectivity index (χ1) is 10.6. The number of azo groups is 1. The topological polar surface area (TPSA) is 99.5 Å². The number of aryl methyl sites for hydroxylation is 1. The minimum atomic E-state index is -1.23. The standard InChI is InChI=1S/C15H12N4O3/c1-9-5-2-3-6-10(9)17-18-14-12(15(21)22)16-13-11(20)7-4-8-19(13)14/h2-8,20H,1H3,(H,21,22). The van der Waals surface area contributed by atoms with Crippen LogP contribution in [0.25, 0.3) is 5.65 Å². The van der Waals surface area contributed by atoms with E-state index in [0.717, 1.165) is 5.56 Å². The van der Waals surface area contributed by atoms with E-state index in [9.17, 15) is 15.0 Å². The summed E-state index contributed by atoms with van der Waals surface area (Å²) in [5.74, 6) is -1.30. The zero-order chi connectivity index (χ0) is 15.7. The molecule has 0 aliphatic heterocycles. The second kappa shape index (κ2) is 5.28. The lowest BCUT2D eigenvalue weighted by molar-refractivity contribution is 0.0692. The van der Waals surface area contributed by atoms with Gasteiger partial charge in [0.25, 0.3) is 0 Å². The first-order valence-corrected chi connectivity index (χ1v) is 6.48. The normalized spacial score (nSPS) is 11.3. The average molecular weight is 296 g/mol. The van der Waals surface area contributed by atoms with Gasteiger partial charge in [-0.1, -0.05) is 18.2 Å². The molecule has 22 heavy (non-hydrogen) atoms. The number of hydrogen-bond donors (Lipinski definition) is 2. The fourth-order valence-corrected chi connectivity index (χ4v) is 2.06. The summed E-state index contributed by atoms with van der Waals surface area (Å²) in [7, 11) is 0. The van der Waals surface area contributed by atoms with Gasteiger partial charge in [-0.3, -0.25) is 4.40 Å². The maximum atomic E-state index is 11.3. The number of aromatic nitrogens is 2. The van der Waals surface area contributed by atoms with Gasteiger partial charge < -0.3 is 10.2 Å². The maximum Gasteiger partial charge on any atom is 0.358 e. The number of imidazole rings is 1. The summed E-state index contributed by atoms with van der Waals surface area (Å²) in [5, 5.41) is 27.1. The maximum absolute atomic E-state index is 11.3. The Kier molecular flexibility index (Phi) is 3.30. The van der Waals surface area contributed by atoms with Crippen LogP contribution in [0.5, 0.6) is 5.75 Å². The second-order valence-electron chi connectivity index (χ2n) is 4.66. The van der Waals surface area contributed by atoms with Gasteiger partial charge in [-0.15, -0.1) is 10.2 Å². The third kappa shape index (κ3) is 2.28. The van der Waals surface area contributed by atoms with Gasteiger partial charge in [-0.2, -0.15) is 0 Å². The molecule has 0 aliphatic carbocycles. The van der Waals surface area contributed by atoms with Crippen molar-refractivity contribution in [2.45, 2.75) is 6.92 Å². The van der Waals surface area contributed by atoms with Gasteiger partial charge in [0.2, 0.25) is 0 Å². The molecule has 0 bridgehead atoms. The highest BCUT2D eigenvalue weighted by Gasteiger charge is 2.19. The van der Waals surface area contributed by atoms with Crippen molar-refractivity contribution in [3.63, 3.8) is 0 Å². The van der Waals surface area contributed by atoms with Crippen molar-refractivity contribution >= 4 is 23.1 Å². The van der Waals surface area contributed by atoms with Crippen LogP contribution < -0.4 is 0 Å². The van der Waals surface area contributed by atoms with E-state index < -0.39 is 5.97 Å². The summed E-state index contributed by atoms with van der Waals surface area (Å²) in [5.41, 5.74) is 1.41. The van der Waals surface area contributed by atoms with E-state index in [-0.39, 0.29) is 22.9 Å². The van der Waals surface area contributed by atoms with Gasteiger partial charge in [0.1, 0.15) is 0 Å². The summed E-state index contributed by atoms with van der Waals surface area (Å²) in [6.07, 6.45) is 1.57. The van der Waals surface area contributed by atoms with Crippen molar-refractivity contribution in [2.75, 3.05) is 0 Å². The molecule has 0 saturated heterocycles. The number of carboxylic acid groups (broad SMARTS) is 1. The Balaban J connectivity index is 2.17. The Labute approximate surface area is 125 Å². The zero-order valence-electron chi connectivity index (χ0n) is 11.6. The average Bonchev–Trinajstić information content (AvgIpc) is 2.87. The van der Waals surface area contributed by atoms with Gasteiger partial charge in [-0.05, 0) is 30.7 Å². The third-order valence-electron chi connectivity index (χ3n) is 3.17. The number of pyridine rings is 1. The molecule has 1 aromatic carbocycles. The van der Waals surface area contributed by atoms with Crippen molar-refractivity contribution in [1.82, 2.24) is 9.38 Å². The molecular weight excluding hydrogens is 284 g/mol. The van der Waals surface area contributed by atoms with E-state index in [1.165, 1.54) is 10.5 Å². The number of aromatic hydroxyl groups is 1.